The zero-order valence-corrected chi connectivity index (χ0v) is 10.8. The maximum absolute atomic E-state index is 6.66. The van der Waals surface area contributed by atoms with Crippen molar-refractivity contribution in [1.82, 2.24) is 0 Å². The number of hydrogen-bond donors (Lipinski definition) is 0. The molecule has 86 valence electrons. The van der Waals surface area contributed by atoms with Crippen LogP contribution >= 0.6 is 11.6 Å². The van der Waals surface area contributed by atoms with Crippen LogP contribution in [0.1, 0.15) is 41.3 Å². The third kappa shape index (κ3) is 1.59. The average Bonchev–Trinajstić information content (AvgIpc) is 2.71. The van der Waals surface area contributed by atoms with E-state index in [1.165, 1.54) is 36.0 Å². The van der Waals surface area contributed by atoms with Gasteiger partial charge < -0.3 is 0 Å². The lowest BCUT2D eigenvalue weighted by Gasteiger charge is -2.15. The van der Waals surface area contributed by atoms with Gasteiger partial charge >= 0.3 is 0 Å². The van der Waals surface area contributed by atoms with Crippen molar-refractivity contribution in [2.75, 3.05) is 0 Å². The number of rotatable bonds is 2. The highest BCUT2D eigenvalue weighted by molar-refractivity contribution is 6.21. The first-order valence-electron chi connectivity index (χ1n) is 6.39. The Morgan fingerprint density at radius 2 is 1.88 bits per heavy atom. The van der Waals surface area contributed by atoms with E-state index in [1.54, 1.807) is 0 Å². The van der Waals surface area contributed by atoms with E-state index < -0.39 is 0 Å². The molecule has 3 unspecified atom stereocenters. The number of halogens is 1. The molecule has 2 aliphatic carbocycles. The molecular weight excluding hydrogens is 216 g/mol. The highest BCUT2D eigenvalue weighted by atomic mass is 35.5. The van der Waals surface area contributed by atoms with Crippen molar-refractivity contribution >= 4 is 11.6 Å². The number of hydrogen-bond acceptors (Lipinski definition) is 0. The lowest BCUT2D eigenvalue weighted by molar-refractivity contribution is 0.572. The van der Waals surface area contributed by atoms with Crippen LogP contribution in [0.2, 0.25) is 0 Å². The third-order valence-corrected chi connectivity index (χ3v) is 5.06. The molecule has 1 heteroatoms. The molecule has 2 saturated carbocycles. The second kappa shape index (κ2) is 3.77. The second-order valence-corrected chi connectivity index (χ2v) is 6.07. The standard InChI is InChI=1S/C15H19Cl/c1-9-6-7-11(10(2)8-9)15(16)14-12-4-3-5-13(12)14/h6-8,12-15H,3-5H2,1-2H3. The van der Waals surface area contributed by atoms with Crippen LogP contribution in [0.5, 0.6) is 0 Å². The van der Waals surface area contributed by atoms with E-state index in [2.05, 4.69) is 32.0 Å². The number of aryl methyl sites for hydroxylation is 2. The largest absolute Gasteiger partial charge is 0.117 e. The predicted molar refractivity (Wildman–Crippen MR) is 68.8 cm³/mol. The molecule has 3 atom stereocenters. The van der Waals surface area contributed by atoms with Gasteiger partial charge in [-0.3, -0.25) is 0 Å². The van der Waals surface area contributed by atoms with Gasteiger partial charge in [-0.1, -0.05) is 30.2 Å². The molecule has 1 aromatic carbocycles. The second-order valence-electron chi connectivity index (χ2n) is 5.60. The first-order chi connectivity index (χ1) is 7.68. The molecular formula is C15H19Cl. The van der Waals surface area contributed by atoms with E-state index in [9.17, 15) is 0 Å². The van der Waals surface area contributed by atoms with Crippen molar-refractivity contribution in [3.63, 3.8) is 0 Å². The Labute approximate surface area is 103 Å². The molecule has 0 heterocycles. The zero-order chi connectivity index (χ0) is 11.3. The lowest BCUT2D eigenvalue weighted by Crippen LogP contribution is -2.01. The summed E-state index contributed by atoms with van der Waals surface area (Å²) in [6, 6.07) is 6.68. The summed E-state index contributed by atoms with van der Waals surface area (Å²) in [5.41, 5.74) is 4.07. The molecule has 16 heavy (non-hydrogen) atoms. The summed E-state index contributed by atoms with van der Waals surface area (Å²) in [4.78, 5) is 0. The molecule has 0 saturated heterocycles. The Morgan fingerprint density at radius 1 is 1.19 bits per heavy atom. The van der Waals surface area contributed by atoms with Crippen LogP contribution in [0.25, 0.3) is 0 Å². The Balaban J connectivity index is 1.82. The van der Waals surface area contributed by atoms with Crippen LogP contribution in [0.15, 0.2) is 18.2 Å². The van der Waals surface area contributed by atoms with Crippen molar-refractivity contribution in [3.8, 4) is 0 Å². The molecule has 2 fully saturated rings. The number of fused-ring (bicyclic) bond motifs is 1. The van der Waals surface area contributed by atoms with Crippen LogP contribution < -0.4 is 0 Å². The van der Waals surface area contributed by atoms with Gasteiger partial charge in [0.15, 0.2) is 0 Å². The maximum atomic E-state index is 6.66. The first-order valence-corrected chi connectivity index (χ1v) is 6.83. The predicted octanol–water partition coefficient (Wildman–Crippen LogP) is 4.63. The fourth-order valence-electron chi connectivity index (χ4n) is 3.65. The minimum Gasteiger partial charge on any atom is -0.117 e. The molecule has 2 aliphatic rings. The van der Waals surface area contributed by atoms with E-state index in [1.807, 2.05) is 0 Å². The molecule has 3 rings (SSSR count). The third-order valence-electron chi connectivity index (χ3n) is 4.53. The summed E-state index contributed by atoms with van der Waals surface area (Å²) in [5, 5.41) is 0.260. The Bertz CT molecular complexity index is 400. The van der Waals surface area contributed by atoms with Crippen LogP contribution in [-0.2, 0) is 0 Å². The van der Waals surface area contributed by atoms with Gasteiger partial charge in [-0.15, -0.1) is 11.6 Å². The molecule has 0 amide bonds. The molecule has 0 N–H and O–H groups in total. The van der Waals surface area contributed by atoms with E-state index in [4.69, 9.17) is 11.6 Å². The van der Waals surface area contributed by atoms with Gasteiger partial charge in [0.1, 0.15) is 0 Å². The lowest BCUT2D eigenvalue weighted by atomic mass is 9.97. The van der Waals surface area contributed by atoms with E-state index >= 15 is 0 Å². The van der Waals surface area contributed by atoms with Gasteiger partial charge in [0.25, 0.3) is 0 Å². The summed E-state index contributed by atoms with van der Waals surface area (Å²) in [6.07, 6.45) is 4.27. The SMILES string of the molecule is Cc1ccc(C(Cl)C2C3CCCC32)c(C)c1. The molecule has 0 radical (unpaired) electrons. The Morgan fingerprint density at radius 3 is 2.50 bits per heavy atom. The molecule has 0 bridgehead atoms. The summed E-state index contributed by atoms with van der Waals surface area (Å²) in [6.45, 7) is 4.34. The molecule has 0 aliphatic heterocycles. The quantitative estimate of drug-likeness (QED) is 0.655. The van der Waals surface area contributed by atoms with Gasteiger partial charge in [-0.2, -0.15) is 0 Å². The highest BCUT2D eigenvalue weighted by Gasteiger charge is 2.55. The molecule has 1 aromatic rings. The average molecular weight is 235 g/mol. The Hall–Kier alpha value is -0.490. The van der Waals surface area contributed by atoms with Crippen LogP contribution in [-0.4, -0.2) is 0 Å². The van der Waals surface area contributed by atoms with Crippen LogP contribution in [0.3, 0.4) is 0 Å². The van der Waals surface area contributed by atoms with E-state index in [0.717, 1.165) is 17.8 Å². The van der Waals surface area contributed by atoms with Crippen LogP contribution in [0.4, 0.5) is 0 Å². The fourth-order valence-corrected chi connectivity index (χ4v) is 4.27. The monoisotopic (exact) mass is 234 g/mol. The first kappa shape index (κ1) is 10.7. The smallest absolute Gasteiger partial charge is 0.0621 e. The highest BCUT2D eigenvalue weighted by Crippen LogP contribution is 2.64. The Kier molecular flexibility index (Phi) is 2.51. The van der Waals surface area contributed by atoms with E-state index in [-0.39, 0.29) is 5.38 Å². The normalized spacial score (nSPS) is 33.6. The van der Waals surface area contributed by atoms with Crippen LogP contribution in [0, 0.1) is 31.6 Å². The molecule has 0 spiro atoms. The van der Waals surface area contributed by atoms with Crippen molar-refractivity contribution < 1.29 is 0 Å². The maximum Gasteiger partial charge on any atom is 0.0621 e. The fraction of sp³-hybridized carbons (Fsp3) is 0.600. The zero-order valence-electron chi connectivity index (χ0n) is 10.0. The van der Waals surface area contributed by atoms with Gasteiger partial charge in [0.05, 0.1) is 5.38 Å². The summed E-state index contributed by atoms with van der Waals surface area (Å²) >= 11 is 6.66. The minimum atomic E-state index is 0.260. The summed E-state index contributed by atoms with van der Waals surface area (Å²) in [5.74, 6) is 2.67. The van der Waals surface area contributed by atoms with E-state index in [0.29, 0.717) is 0 Å². The van der Waals surface area contributed by atoms with Crippen molar-refractivity contribution in [2.24, 2.45) is 17.8 Å². The molecule has 0 nitrogen and oxygen atoms in total. The minimum absolute atomic E-state index is 0.260. The van der Waals surface area contributed by atoms with Gasteiger partial charge in [-0.05, 0) is 55.6 Å². The molecule has 0 aromatic heterocycles. The topological polar surface area (TPSA) is 0 Å². The number of alkyl halides is 1. The van der Waals surface area contributed by atoms with Crippen molar-refractivity contribution in [2.45, 2.75) is 38.5 Å². The van der Waals surface area contributed by atoms with Gasteiger partial charge in [0, 0.05) is 0 Å². The van der Waals surface area contributed by atoms with Gasteiger partial charge in [-0.25, -0.2) is 0 Å². The summed E-state index contributed by atoms with van der Waals surface area (Å²) < 4.78 is 0. The van der Waals surface area contributed by atoms with Crippen molar-refractivity contribution in [3.05, 3.63) is 34.9 Å². The van der Waals surface area contributed by atoms with Gasteiger partial charge in [0.2, 0.25) is 0 Å². The summed E-state index contributed by atoms with van der Waals surface area (Å²) in [7, 11) is 0. The number of benzene rings is 1. The van der Waals surface area contributed by atoms with Crippen molar-refractivity contribution in [1.29, 1.82) is 0 Å².